The van der Waals surface area contributed by atoms with Crippen molar-refractivity contribution in [3.8, 4) is 0 Å². The fourth-order valence-electron chi connectivity index (χ4n) is 1.17. The minimum absolute atomic E-state index is 0.109. The Morgan fingerprint density at radius 2 is 2.00 bits per heavy atom. The van der Waals surface area contributed by atoms with Gasteiger partial charge >= 0.3 is 6.03 Å². The Balaban J connectivity index is 2.18. The first-order valence-corrected chi connectivity index (χ1v) is 5.77. The molecule has 0 aliphatic heterocycles. The van der Waals surface area contributed by atoms with Crippen molar-refractivity contribution in [3.05, 3.63) is 0 Å². The smallest absolute Gasteiger partial charge is 0.317 e. The molecule has 1 saturated carbocycles. The second-order valence-electron chi connectivity index (χ2n) is 4.78. The van der Waals surface area contributed by atoms with E-state index in [9.17, 15) is 9.59 Å². The van der Waals surface area contributed by atoms with Crippen LogP contribution in [0.4, 0.5) is 4.79 Å². The number of hydrogen-bond donors (Lipinski definition) is 2. The molecule has 5 nitrogen and oxygen atoms in total. The summed E-state index contributed by atoms with van der Waals surface area (Å²) in [6.45, 7) is 4.83. The minimum Gasteiger partial charge on any atom is -0.354 e. The maximum atomic E-state index is 11.5. The van der Waals surface area contributed by atoms with Crippen molar-refractivity contribution in [2.75, 3.05) is 20.1 Å². The van der Waals surface area contributed by atoms with E-state index in [1.165, 1.54) is 4.90 Å². The van der Waals surface area contributed by atoms with Crippen LogP contribution in [-0.4, -0.2) is 43.0 Å². The molecule has 1 fully saturated rings. The SMILES string of the molecule is CC(C)CNC(=O)CN(C)C(=O)NC1CC1. The van der Waals surface area contributed by atoms with Crippen LogP contribution < -0.4 is 10.6 Å². The molecule has 0 aromatic carbocycles. The third-order valence-electron chi connectivity index (χ3n) is 2.34. The van der Waals surface area contributed by atoms with Crippen LogP contribution in [0.5, 0.6) is 0 Å². The van der Waals surface area contributed by atoms with Crippen molar-refractivity contribution in [1.82, 2.24) is 15.5 Å². The van der Waals surface area contributed by atoms with Gasteiger partial charge in [-0.3, -0.25) is 4.79 Å². The van der Waals surface area contributed by atoms with Gasteiger partial charge in [0, 0.05) is 19.6 Å². The van der Waals surface area contributed by atoms with Crippen LogP contribution >= 0.6 is 0 Å². The Labute approximate surface area is 96.6 Å². The molecule has 0 heterocycles. The number of rotatable bonds is 5. The third-order valence-corrected chi connectivity index (χ3v) is 2.34. The zero-order valence-corrected chi connectivity index (χ0v) is 10.2. The Morgan fingerprint density at radius 3 is 2.50 bits per heavy atom. The molecule has 1 aliphatic carbocycles. The van der Waals surface area contributed by atoms with Crippen molar-refractivity contribution in [1.29, 1.82) is 0 Å². The van der Waals surface area contributed by atoms with Crippen LogP contribution in [0, 0.1) is 5.92 Å². The van der Waals surface area contributed by atoms with Gasteiger partial charge in [-0.05, 0) is 18.8 Å². The summed E-state index contributed by atoms with van der Waals surface area (Å²) in [7, 11) is 1.63. The highest BCUT2D eigenvalue weighted by atomic mass is 16.2. The zero-order valence-electron chi connectivity index (χ0n) is 10.2. The summed E-state index contributed by atoms with van der Waals surface area (Å²) in [6.07, 6.45) is 2.11. The number of amides is 3. The van der Waals surface area contributed by atoms with Crippen molar-refractivity contribution >= 4 is 11.9 Å². The summed E-state index contributed by atoms with van der Waals surface area (Å²) < 4.78 is 0. The predicted molar refractivity (Wildman–Crippen MR) is 62.0 cm³/mol. The predicted octanol–water partition coefficient (Wildman–Crippen LogP) is 0.562. The molecule has 3 amide bonds. The van der Waals surface area contributed by atoms with Gasteiger partial charge in [-0.15, -0.1) is 0 Å². The lowest BCUT2D eigenvalue weighted by Gasteiger charge is -2.17. The van der Waals surface area contributed by atoms with Gasteiger partial charge in [-0.25, -0.2) is 4.79 Å². The van der Waals surface area contributed by atoms with Gasteiger partial charge in [0.15, 0.2) is 0 Å². The fourth-order valence-corrected chi connectivity index (χ4v) is 1.17. The van der Waals surface area contributed by atoms with Gasteiger partial charge in [-0.1, -0.05) is 13.8 Å². The standard InChI is InChI=1S/C11H21N3O2/c1-8(2)6-12-10(15)7-14(3)11(16)13-9-4-5-9/h8-9H,4-7H2,1-3H3,(H,12,15)(H,13,16). The van der Waals surface area contributed by atoms with E-state index >= 15 is 0 Å². The molecule has 0 aromatic rings. The average molecular weight is 227 g/mol. The molecule has 2 N–H and O–H groups in total. The number of carbonyl (C=O) groups excluding carboxylic acids is 2. The van der Waals surface area contributed by atoms with Crippen molar-refractivity contribution in [2.45, 2.75) is 32.7 Å². The van der Waals surface area contributed by atoms with Crippen LogP contribution in [0.3, 0.4) is 0 Å². The van der Waals surface area contributed by atoms with Gasteiger partial charge in [0.05, 0.1) is 0 Å². The van der Waals surface area contributed by atoms with Crippen LogP contribution in [0.2, 0.25) is 0 Å². The Bertz CT molecular complexity index is 262. The molecule has 0 spiro atoms. The number of nitrogens with zero attached hydrogens (tertiary/aromatic N) is 1. The first-order valence-electron chi connectivity index (χ1n) is 5.77. The van der Waals surface area contributed by atoms with Gasteiger partial charge in [0.25, 0.3) is 0 Å². The van der Waals surface area contributed by atoms with Crippen LogP contribution in [0.25, 0.3) is 0 Å². The number of hydrogen-bond acceptors (Lipinski definition) is 2. The maximum Gasteiger partial charge on any atom is 0.317 e. The molecule has 0 aromatic heterocycles. The van der Waals surface area contributed by atoms with Crippen LogP contribution in [0.15, 0.2) is 0 Å². The number of carbonyl (C=O) groups is 2. The minimum atomic E-state index is -0.165. The van der Waals surface area contributed by atoms with E-state index in [4.69, 9.17) is 0 Å². The number of nitrogens with one attached hydrogen (secondary N) is 2. The molecular weight excluding hydrogens is 206 g/mol. The molecule has 0 bridgehead atoms. The Kier molecular flexibility index (Phi) is 4.58. The van der Waals surface area contributed by atoms with Crippen molar-refractivity contribution < 1.29 is 9.59 Å². The summed E-state index contributed by atoms with van der Waals surface area (Å²) in [5, 5.41) is 5.61. The van der Waals surface area contributed by atoms with Gasteiger partial charge in [0.1, 0.15) is 6.54 Å². The monoisotopic (exact) mass is 227 g/mol. The second kappa shape index (κ2) is 5.72. The third kappa shape index (κ3) is 5.00. The summed E-state index contributed by atoms with van der Waals surface area (Å²) in [5.74, 6) is 0.316. The van der Waals surface area contributed by atoms with E-state index in [1.54, 1.807) is 7.05 Å². The molecule has 0 saturated heterocycles. The topological polar surface area (TPSA) is 61.4 Å². The molecule has 1 aliphatic rings. The van der Waals surface area contributed by atoms with Gasteiger partial charge < -0.3 is 15.5 Å². The summed E-state index contributed by atoms with van der Waals surface area (Å²) in [5.41, 5.74) is 0. The number of urea groups is 1. The lowest BCUT2D eigenvalue weighted by Crippen LogP contribution is -2.44. The molecular formula is C11H21N3O2. The highest BCUT2D eigenvalue weighted by Crippen LogP contribution is 2.18. The van der Waals surface area contributed by atoms with Crippen LogP contribution in [0.1, 0.15) is 26.7 Å². The maximum absolute atomic E-state index is 11.5. The molecule has 0 atom stereocenters. The Hall–Kier alpha value is -1.26. The lowest BCUT2D eigenvalue weighted by atomic mass is 10.2. The Morgan fingerprint density at radius 1 is 1.38 bits per heavy atom. The lowest BCUT2D eigenvalue weighted by molar-refractivity contribution is -0.121. The summed E-state index contributed by atoms with van der Waals surface area (Å²) >= 11 is 0. The van der Waals surface area contributed by atoms with E-state index in [0.29, 0.717) is 18.5 Å². The highest BCUT2D eigenvalue weighted by molar-refractivity contribution is 5.84. The van der Waals surface area contributed by atoms with E-state index in [0.717, 1.165) is 12.8 Å². The molecule has 16 heavy (non-hydrogen) atoms. The van der Waals surface area contributed by atoms with Gasteiger partial charge in [-0.2, -0.15) is 0 Å². The highest BCUT2D eigenvalue weighted by Gasteiger charge is 2.25. The van der Waals surface area contributed by atoms with E-state index in [1.807, 2.05) is 13.8 Å². The second-order valence-corrected chi connectivity index (χ2v) is 4.78. The van der Waals surface area contributed by atoms with E-state index < -0.39 is 0 Å². The first kappa shape index (κ1) is 12.8. The van der Waals surface area contributed by atoms with E-state index in [-0.39, 0.29) is 18.5 Å². The quantitative estimate of drug-likeness (QED) is 0.721. The summed E-state index contributed by atoms with van der Waals surface area (Å²) in [4.78, 5) is 24.3. The number of likely N-dealkylation sites (N-methyl/N-ethyl adjacent to an activating group) is 1. The van der Waals surface area contributed by atoms with E-state index in [2.05, 4.69) is 10.6 Å². The van der Waals surface area contributed by atoms with Crippen LogP contribution in [-0.2, 0) is 4.79 Å². The molecule has 1 rings (SSSR count). The molecule has 92 valence electrons. The first-order chi connectivity index (χ1) is 7.49. The average Bonchev–Trinajstić information content (AvgIpc) is 2.98. The van der Waals surface area contributed by atoms with Gasteiger partial charge in [0.2, 0.25) is 5.91 Å². The zero-order chi connectivity index (χ0) is 12.1. The normalized spacial score (nSPS) is 14.8. The summed E-state index contributed by atoms with van der Waals surface area (Å²) in [6, 6.07) is 0.163. The van der Waals surface area contributed by atoms with Crippen molar-refractivity contribution in [2.24, 2.45) is 5.92 Å². The molecule has 0 unspecified atom stereocenters. The largest absolute Gasteiger partial charge is 0.354 e. The molecule has 5 heteroatoms. The van der Waals surface area contributed by atoms with Crippen molar-refractivity contribution in [3.63, 3.8) is 0 Å². The molecule has 0 radical (unpaired) electrons. The fraction of sp³-hybridized carbons (Fsp3) is 0.818.